The molecule has 0 amide bonds. The van der Waals surface area contributed by atoms with Gasteiger partial charge in [-0.15, -0.1) is 0 Å². The van der Waals surface area contributed by atoms with E-state index in [0.717, 1.165) is 6.42 Å². The van der Waals surface area contributed by atoms with E-state index in [-0.39, 0.29) is 0 Å². The second-order valence-corrected chi connectivity index (χ2v) is 13.9. The van der Waals surface area contributed by atoms with E-state index in [1.54, 1.807) is 0 Å². The quantitative estimate of drug-likeness (QED) is 0.155. The third kappa shape index (κ3) is 5.49. The summed E-state index contributed by atoms with van der Waals surface area (Å²) in [5.41, 5.74) is 14.0. The summed E-state index contributed by atoms with van der Waals surface area (Å²) in [7, 11) is 0. The minimum absolute atomic E-state index is 0.337. The van der Waals surface area contributed by atoms with Gasteiger partial charge in [-0.3, -0.25) is 0 Å². The summed E-state index contributed by atoms with van der Waals surface area (Å²) in [4.78, 5) is 0. The van der Waals surface area contributed by atoms with Crippen LogP contribution in [-0.4, -0.2) is 0 Å². The molecule has 1 aliphatic carbocycles. The maximum absolute atomic E-state index is 2.42. The molecule has 248 valence electrons. The number of aryl methyl sites for hydroxylation is 1. The van der Waals surface area contributed by atoms with Gasteiger partial charge in [0.1, 0.15) is 0 Å². The van der Waals surface area contributed by atoms with Gasteiger partial charge < -0.3 is 0 Å². The summed E-state index contributed by atoms with van der Waals surface area (Å²) in [6.07, 6.45) is 10.1. The van der Waals surface area contributed by atoms with Gasteiger partial charge in [0, 0.05) is 5.92 Å². The lowest BCUT2D eigenvalue weighted by Gasteiger charge is -2.21. The number of rotatable bonds is 6. The Morgan fingerprint density at radius 3 is 1.63 bits per heavy atom. The minimum Gasteiger partial charge on any atom is -0.0770 e. The zero-order valence-electron chi connectivity index (χ0n) is 29.7. The lowest BCUT2D eigenvalue weighted by atomic mass is 9.82. The molecular weight excluding hydrogens is 625 g/mol. The second kappa shape index (κ2) is 13.5. The smallest absolute Gasteiger partial charge is 0.00305 e. The summed E-state index contributed by atoms with van der Waals surface area (Å²) < 4.78 is 0. The molecule has 0 heterocycles. The molecule has 8 aromatic carbocycles. The van der Waals surface area contributed by atoms with E-state index in [1.165, 1.54) is 93.5 Å². The van der Waals surface area contributed by atoms with Crippen molar-refractivity contribution >= 4 is 43.5 Å². The van der Waals surface area contributed by atoms with Crippen molar-refractivity contribution in [3.8, 4) is 33.4 Å². The van der Waals surface area contributed by atoms with Crippen LogP contribution in [0.2, 0.25) is 0 Å². The Kier molecular flexibility index (Phi) is 8.22. The predicted molar refractivity (Wildman–Crippen MR) is 225 cm³/mol. The van der Waals surface area contributed by atoms with Crippen LogP contribution in [0.3, 0.4) is 0 Å². The summed E-state index contributed by atoms with van der Waals surface area (Å²) in [6.45, 7) is 4.43. The number of allylic oxidation sites excluding steroid dienone is 6. The van der Waals surface area contributed by atoms with Crippen molar-refractivity contribution in [3.63, 3.8) is 0 Å². The maximum atomic E-state index is 2.42. The molecule has 0 heteroatoms. The van der Waals surface area contributed by atoms with E-state index in [9.17, 15) is 0 Å². The van der Waals surface area contributed by atoms with E-state index in [1.807, 2.05) is 0 Å². The van der Waals surface area contributed by atoms with Crippen molar-refractivity contribution in [1.29, 1.82) is 0 Å². The van der Waals surface area contributed by atoms with Gasteiger partial charge in [-0.2, -0.15) is 0 Å². The van der Waals surface area contributed by atoms with Gasteiger partial charge in [-0.1, -0.05) is 195 Å². The summed E-state index contributed by atoms with van der Waals surface area (Å²) in [6, 6.07) is 60.6. The molecule has 1 unspecified atom stereocenters. The Morgan fingerprint density at radius 2 is 0.962 bits per heavy atom. The van der Waals surface area contributed by atoms with Crippen LogP contribution < -0.4 is 0 Å². The molecule has 0 saturated carbocycles. The summed E-state index contributed by atoms with van der Waals surface area (Å²) >= 11 is 0. The van der Waals surface area contributed by atoms with E-state index in [0.29, 0.717) is 5.92 Å². The van der Waals surface area contributed by atoms with Gasteiger partial charge in [0.2, 0.25) is 0 Å². The van der Waals surface area contributed by atoms with Gasteiger partial charge in [0.15, 0.2) is 0 Å². The monoisotopic (exact) mass is 664 g/mol. The molecule has 0 N–H and O–H groups in total. The highest BCUT2D eigenvalue weighted by atomic mass is 14.2. The third-order valence-electron chi connectivity index (χ3n) is 10.9. The van der Waals surface area contributed by atoms with E-state index in [2.05, 4.69) is 202 Å². The molecule has 0 bridgehead atoms. The number of benzene rings is 8. The molecule has 0 spiro atoms. The van der Waals surface area contributed by atoms with Crippen molar-refractivity contribution in [3.05, 3.63) is 205 Å². The first-order valence-electron chi connectivity index (χ1n) is 18.5. The standard InChI is InChI=1S/C52H40/c1-3-36-16-7-8-21-42(50(36)38-17-5-4-6-18-38)39-19-13-20-40(34-39)51-46-22-9-11-24-48(46)52(49-25-12-10-23-47(49)51)45-29-15-27-43-41(26-14-28-44(43)45)37-32-30-35(2)31-33-37/h4-34,36H,3H2,1-2H3. The van der Waals surface area contributed by atoms with Crippen molar-refractivity contribution in [1.82, 2.24) is 0 Å². The number of hydrogen-bond acceptors (Lipinski definition) is 0. The number of fused-ring (bicyclic) bond motifs is 3. The molecular formula is C52H40. The molecule has 0 aliphatic heterocycles. The highest BCUT2D eigenvalue weighted by Gasteiger charge is 2.21. The SMILES string of the molecule is CCC1C=CC=CC(c2cccc(-c3c4ccccc4c(-c4cccc5c(-c6ccc(C)cc6)cccc45)c4ccccc34)c2)=C1c1ccccc1. The summed E-state index contributed by atoms with van der Waals surface area (Å²) in [5.74, 6) is 0.337. The molecule has 0 aromatic heterocycles. The first-order chi connectivity index (χ1) is 25.7. The molecule has 1 aliphatic rings. The van der Waals surface area contributed by atoms with Crippen molar-refractivity contribution in [2.24, 2.45) is 5.92 Å². The predicted octanol–water partition coefficient (Wildman–Crippen LogP) is 14.5. The fourth-order valence-electron chi connectivity index (χ4n) is 8.40. The average molecular weight is 665 g/mol. The van der Waals surface area contributed by atoms with Crippen molar-refractivity contribution in [2.45, 2.75) is 20.3 Å². The highest BCUT2D eigenvalue weighted by Crippen LogP contribution is 2.47. The van der Waals surface area contributed by atoms with Crippen LogP contribution in [0.25, 0.3) is 76.8 Å². The fourth-order valence-corrected chi connectivity index (χ4v) is 8.40. The molecule has 0 fully saturated rings. The van der Waals surface area contributed by atoms with Crippen LogP contribution in [0.5, 0.6) is 0 Å². The highest BCUT2D eigenvalue weighted by molar-refractivity contribution is 6.24. The van der Waals surface area contributed by atoms with Crippen molar-refractivity contribution < 1.29 is 0 Å². The first-order valence-corrected chi connectivity index (χ1v) is 18.5. The molecule has 1 atom stereocenters. The van der Waals surface area contributed by atoms with E-state index >= 15 is 0 Å². The van der Waals surface area contributed by atoms with Gasteiger partial charge in [-0.05, 0) is 107 Å². The molecule has 0 nitrogen and oxygen atoms in total. The minimum atomic E-state index is 0.337. The molecule has 0 saturated heterocycles. The first kappa shape index (κ1) is 31.7. The Labute approximate surface area is 306 Å². The largest absolute Gasteiger partial charge is 0.0770 e. The molecule has 52 heavy (non-hydrogen) atoms. The van der Waals surface area contributed by atoms with Crippen LogP contribution in [0.15, 0.2) is 188 Å². The Balaban J connectivity index is 1.29. The van der Waals surface area contributed by atoms with Crippen LogP contribution in [-0.2, 0) is 0 Å². The Morgan fingerprint density at radius 1 is 0.423 bits per heavy atom. The maximum Gasteiger partial charge on any atom is 0.00305 e. The number of hydrogen-bond donors (Lipinski definition) is 0. The molecule has 8 aromatic rings. The van der Waals surface area contributed by atoms with Crippen LogP contribution in [0, 0.1) is 12.8 Å². The lowest BCUT2D eigenvalue weighted by Crippen LogP contribution is -2.02. The Hall–Kier alpha value is -6.24. The average Bonchev–Trinajstić information content (AvgIpc) is 3.43. The van der Waals surface area contributed by atoms with E-state index < -0.39 is 0 Å². The zero-order chi connectivity index (χ0) is 35.0. The van der Waals surface area contributed by atoms with Gasteiger partial charge in [-0.25, -0.2) is 0 Å². The normalized spacial score (nSPS) is 14.4. The fraction of sp³-hybridized carbons (Fsp3) is 0.0769. The second-order valence-electron chi connectivity index (χ2n) is 13.9. The molecule has 0 radical (unpaired) electrons. The van der Waals surface area contributed by atoms with Crippen LogP contribution in [0.4, 0.5) is 0 Å². The summed E-state index contributed by atoms with van der Waals surface area (Å²) in [5, 5.41) is 7.61. The van der Waals surface area contributed by atoms with Crippen LogP contribution in [0.1, 0.15) is 30.0 Å². The van der Waals surface area contributed by atoms with Gasteiger partial charge in [0.25, 0.3) is 0 Å². The zero-order valence-corrected chi connectivity index (χ0v) is 29.7. The molecule has 9 rings (SSSR count). The lowest BCUT2D eigenvalue weighted by molar-refractivity contribution is 0.795. The third-order valence-corrected chi connectivity index (χ3v) is 10.9. The van der Waals surface area contributed by atoms with Gasteiger partial charge >= 0.3 is 0 Å². The van der Waals surface area contributed by atoms with Crippen LogP contribution >= 0.6 is 0 Å². The topological polar surface area (TPSA) is 0 Å². The van der Waals surface area contributed by atoms with Gasteiger partial charge in [0.05, 0.1) is 0 Å². The van der Waals surface area contributed by atoms with E-state index in [4.69, 9.17) is 0 Å². The van der Waals surface area contributed by atoms with Crippen molar-refractivity contribution in [2.75, 3.05) is 0 Å². The Bertz CT molecular complexity index is 2640.